The number of hydrogen-bond donors (Lipinski definition) is 3. The second-order valence-corrected chi connectivity index (χ2v) is 5.78. The number of nitrogens with two attached hydrogens (primary N) is 1. The molecule has 0 spiro atoms. The lowest BCUT2D eigenvalue weighted by Crippen LogP contribution is -2.62. The van der Waals surface area contributed by atoms with Gasteiger partial charge in [0.1, 0.15) is 6.29 Å². The highest BCUT2D eigenvalue weighted by molar-refractivity contribution is 8.03. The lowest BCUT2D eigenvalue weighted by Gasteiger charge is -2.30. The van der Waals surface area contributed by atoms with E-state index in [4.69, 9.17) is 5.73 Å². The maximum atomic E-state index is 11.8. The summed E-state index contributed by atoms with van der Waals surface area (Å²) in [4.78, 5) is 13.0. The van der Waals surface area contributed by atoms with E-state index in [-0.39, 0.29) is 17.2 Å². The average Bonchev–Trinajstić information content (AvgIpc) is 2.73. The summed E-state index contributed by atoms with van der Waals surface area (Å²) in [5, 5.41) is 5.96. The highest BCUT2D eigenvalue weighted by Gasteiger charge is 2.38. The largest absolute Gasteiger partial charge is 0.328 e. The molecule has 2 aliphatic heterocycles. The summed E-state index contributed by atoms with van der Waals surface area (Å²) < 4.78 is 0. The van der Waals surface area contributed by atoms with Crippen molar-refractivity contribution in [2.24, 2.45) is 11.7 Å². The first-order valence-electron chi connectivity index (χ1n) is 5.96. The van der Waals surface area contributed by atoms with Crippen molar-refractivity contribution in [2.75, 3.05) is 0 Å². The fourth-order valence-electron chi connectivity index (χ4n) is 2.28. The predicted molar refractivity (Wildman–Crippen MR) is 72.4 cm³/mol. The van der Waals surface area contributed by atoms with Gasteiger partial charge in [-0.2, -0.15) is 0 Å². The Kier molecular flexibility index (Phi) is 3.11. The Morgan fingerprint density at radius 2 is 2.06 bits per heavy atom. The fraction of sp³-hybridized carbons (Fsp3) is 0.308. The molecule has 18 heavy (non-hydrogen) atoms. The summed E-state index contributed by atoms with van der Waals surface area (Å²) in [7, 11) is 0. The maximum Gasteiger partial charge on any atom is 0.231 e. The number of hydrogen-bond acceptors (Lipinski definition) is 4. The van der Waals surface area contributed by atoms with Gasteiger partial charge in [-0.3, -0.25) is 15.8 Å². The van der Waals surface area contributed by atoms with Crippen LogP contribution in [0.4, 0.5) is 0 Å². The average molecular weight is 261 g/mol. The van der Waals surface area contributed by atoms with Crippen LogP contribution in [0, 0.1) is 5.92 Å². The van der Waals surface area contributed by atoms with Gasteiger partial charge >= 0.3 is 0 Å². The lowest BCUT2D eigenvalue weighted by atomic mass is 10.0. The van der Waals surface area contributed by atoms with E-state index in [1.807, 2.05) is 18.2 Å². The summed E-state index contributed by atoms with van der Waals surface area (Å²) in [5.74, 6) is -0.0877. The molecule has 4 N–H and O–H groups in total. The van der Waals surface area contributed by atoms with E-state index < -0.39 is 6.29 Å². The molecule has 3 rings (SSSR count). The molecule has 0 aliphatic carbocycles. The van der Waals surface area contributed by atoms with Gasteiger partial charge in [0.15, 0.2) is 0 Å². The Hall–Kier alpha value is -1.30. The molecule has 1 aromatic rings. The SMILES string of the molecule is NC1NC(=O)C2C=C(Cc3ccccc3)SC2N1. The van der Waals surface area contributed by atoms with Crippen molar-refractivity contribution < 1.29 is 4.79 Å². The Morgan fingerprint density at radius 3 is 2.83 bits per heavy atom. The van der Waals surface area contributed by atoms with Gasteiger partial charge in [0.25, 0.3) is 0 Å². The van der Waals surface area contributed by atoms with Gasteiger partial charge in [0, 0.05) is 6.42 Å². The molecular formula is C13H15N3OS. The van der Waals surface area contributed by atoms with Gasteiger partial charge in [-0.05, 0) is 10.5 Å². The molecule has 2 heterocycles. The molecule has 3 unspecified atom stereocenters. The summed E-state index contributed by atoms with van der Waals surface area (Å²) >= 11 is 1.71. The number of rotatable bonds is 2. The van der Waals surface area contributed by atoms with Crippen LogP contribution in [-0.2, 0) is 11.2 Å². The molecule has 1 amide bonds. The summed E-state index contributed by atoms with van der Waals surface area (Å²) in [6.07, 6.45) is 2.50. The van der Waals surface area contributed by atoms with Crippen molar-refractivity contribution >= 4 is 17.7 Å². The minimum absolute atomic E-state index is 0.0156. The highest BCUT2D eigenvalue weighted by atomic mass is 32.2. The van der Waals surface area contributed by atoms with E-state index in [2.05, 4.69) is 28.8 Å². The molecule has 3 atom stereocenters. The zero-order valence-corrected chi connectivity index (χ0v) is 10.6. The summed E-state index contributed by atoms with van der Waals surface area (Å²) in [6, 6.07) is 10.3. The first kappa shape index (κ1) is 11.8. The summed E-state index contributed by atoms with van der Waals surface area (Å²) in [6.45, 7) is 0. The number of nitrogens with one attached hydrogen (secondary N) is 2. The fourth-order valence-corrected chi connectivity index (χ4v) is 3.64. The number of carbonyl (C=O) groups excluding carboxylic acids is 1. The van der Waals surface area contributed by atoms with Crippen LogP contribution in [0.5, 0.6) is 0 Å². The van der Waals surface area contributed by atoms with E-state index >= 15 is 0 Å². The van der Waals surface area contributed by atoms with Gasteiger partial charge in [-0.15, -0.1) is 11.8 Å². The molecule has 5 heteroatoms. The number of allylic oxidation sites excluding steroid dienone is 1. The maximum absolute atomic E-state index is 11.8. The van der Waals surface area contributed by atoms with Crippen LogP contribution in [0.1, 0.15) is 5.56 Å². The van der Waals surface area contributed by atoms with Gasteiger partial charge in [-0.1, -0.05) is 36.4 Å². The lowest BCUT2D eigenvalue weighted by molar-refractivity contribution is -0.126. The van der Waals surface area contributed by atoms with Crippen molar-refractivity contribution in [1.82, 2.24) is 10.6 Å². The van der Waals surface area contributed by atoms with Gasteiger partial charge in [-0.25, -0.2) is 0 Å². The second-order valence-electron chi connectivity index (χ2n) is 4.51. The first-order valence-corrected chi connectivity index (χ1v) is 6.83. The number of fused-ring (bicyclic) bond motifs is 1. The third kappa shape index (κ3) is 2.29. The van der Waals surface area contributed by atoms with Gasteiger partial charge < -0.3 is 5.32 Å². The van der Waals surface area contributed by atoms with Crippen LogP contribution < -0.4 is 16.4 Å². The molecule has 94 valence electrons. The van der Waals surface area contributed by atoms with Crippen molar-refractivity contribution in [1.29, 1.82) is 0 Å². The Bertz CT molecular complexity index is 488. The number of amides is 1. The van der Waals surface area contributed by atoms with Crippen molar-refractivity contribution in [2.45, 2.75) is 18.1 Å². The van der Waals surface area contributed by atoms with Crippen LogP contribution in [0.25, 0.3) is 0 Å². The van der Waals surface area contributed by atoms with E-state index in [9.17, 15) is 4.79 Å². The van der Waals surface area contributed by atoms with Gasteiger partial charge in [0.2, 0.25) is 5.91 Å². The number of carbonyl (C=O) groups is 1. The van der Waals surface area contributed by atoms with Gasteiger partial charge in [0.05, 0.1) is 11.3 Å². The smallest absolute Gasteiger partial charge is 0.231 e. The molecule has 0 radical (unpaired) electrons. The highest BCUT2D eigenvalue weighted by Crippen LogP contribution is 2.38. The molecule has 0 aromatic heterocycles. The molecule has 1 aromatic carbocycles. The third-order valence-electron chi connectivity index (χ3n) is 3.14. The standard InChI is InChI=1S/C13H15N3OS/c14-13-15-11(17)10-7-9(18-12(10)16-13)6-8-4-2-1-3-5-8/h1-5,7,10,12-13,16H,6,14H2,(H,15,17). The van der Waals surface area contributed by atoms with E-state index in [1.165, 1.54) is 10.5 Å². The predicted octanol–water partition coefficient (Wildman–Crippen LogP) is 0.764. The third-order valence-corrected chi connectivity index (χ3v) is 4.40. The zero-order valence-electron chi connectivity index (χ0n) is 9.80. The van der Waals surface area contributed by atoms with Crippen LogP contribution in [0.2, 0.25) is 0 Å². The molecule has 0 saturated carbocycles. The topological polar surface area (TPSA) is 67.1 Å². The normalized spacial score (nSPS) is 30.6. The number of benzene rings is 1. The Labute approximate surface area is 110 Å². The molecule has 2 aliphatic rings. The second kappa shape index (κ2) is 4.76. The molecular weight excluding hydrogens is 246 g/mol. The zero-order chi connectivity index (χ0) is 12.5. The summed E-state index contributed by atoms with van der Waals surface area (Å²) in [5.41, 5.74) is 6.96. The van der Waals surface area contributed by atoms with Crippen molar-refractivity contribution in [3.63, 3.8) is 0 Å². The molecule has 1 fully saturated rings. The molecule has 4 nitrogen and oxygen atoms in total. The van der Waals surface area contributed by atoms with Crippen molar-refractivity contribution in [3.05, 3.63) is 46.9 Å². The van der Waals surface area contributed by atoms with E-state index in [0.29, 0.717) is 0 Å². The van der Waals surface area contributed by atoms with Crippen LogP contribution in [0.3, 0.4) is 0 Å². The van der Waals surface area contributed by atoms with Crippen LogP contribution >= 0.6 is 11.8 Å². The van der Waals surface area contributed by atoms with Crippen LogP contribution in [0.15, 0.2) is 41.3 Å². The monoisotopic (exact) mass is 261 g/mol. The quantitative estimate of drug-likeness (QED) is 0.735. The van der Waals surface area contributed by atoms with E-state index in [0.717, 1.165) is 6.42 Å². The minimum Gasteiger partial charge on any atom is -0.328 e. The number of thioether (sulfide) groups is 1. The molecule has 0 bridgehead atoms. The Balaban J connectivity index is 1.73. The molecule has 1 saturated heterocycles. The Morgan fingerprint density at radius 1 is 1.28 bits per heavy atom. The van der Waals surface area contributed by atoms with Crippen LogP contribution in [-0.4, -0.2) is 17.6 Å². The minimum atomic E-state index is -0.435. The first-order chi connectivity index (χ1) is 8.72. The van der Waals surface area contributed by atoms with E-state index in [1.54, 1.807) is 11.8 Å². The van der Waals surface area contributed by atoms with Crippen molar-refractivity contribution in [3.8, 4) is 0 Å².